The van der Waals surface area contributed by atoms with Crippen molar-refractivity contribution in [1.29, 1.82) is 0 Å². The van der Waals surface area contributed by atoms with Gasteiger partial charge in [0.25, 0.3) is 0 Å². The van der Waals surface area contributed by atoms with Gasteiger partial charge in [0, 0.05) is 11.4 Å². The normalized spacial score (nSPS) is 10.8. The van der Waals surface area contributed by atoms with Crippen molar-refractivity contribution in [3.63, 3.8) is 0 Å². The van der Waals surface area contributed by atoms with Gasteiger partial charge in [0.2, 0.25) is 0 Å². The Morgan fingerprint density at radius 1 is 1.16 bits per heavy atom. The molecule has 0 saturated heterocycles. The highest BCUT2D eigenvalue weighted by molar-refractivity contribution is 6.31. The molecule has 0 amide bonds. The van der Waals surface area contributed by atoms with Crippen LogP contribution in [0.25, 0.3) is 0 Å². The number of hydrogen-bond acceptors (Lipinski definition) is 3. The molecule has 0 heterocycles. The number of carboxylic acids is 1. The summed E-state index contributed by atoms with van der Waals surface area (Å²) in [6.07, 6.45) is 0.0308. The van der Waals surface area contributed by atoms with Gasteiger partial charge in [0.05, 0.1) is 5.56 Å². The Kier molecular flexibility index (Phi) is 6.21. The fourth-order valence-corrected chi connectivity index (χ4v) is 2.84. The van der Waals surface area contributed by atoms with Crippen molar-refractivity contribution in [3.05, 3.63) is 63.7 Å². The van der Waals surface area contributed by atoms with Crippen LogP contribution in [0, 0.1) is 6.92 Å². The first kappa shape index (κ1) is 19.0. The standard InChI is InChI=1S/C20H21ClO4/c1-12(2)18-6-5-17(8-13(18)3)25-11-16(22)10-15-9-14(20(23)24)4-7-19(15)21/h4-9,12H,10-11H2,1-3H3,(H,23,24). The summed E-state index contributed by atoms with van der Waals surface area (Å²) < 4.78 is 5.56. The number of carbonyl (C=O) groups is 2. The van der Waals surface area contributed by atoms with E-state index >= 15 is 0 Å². The van der Waals surface area contributed by atoms with Gasteiger partial charge in [-0.05, 0) is 59.9 Å². The molecule has 0 unspecified atom stereocenters. The maximum absolute atomic E-state index is 12.1. The van der Waals surface area contributed by atoms with Gasteiger partial charge >= 0.3 is 5.97 Å². The number of benzene rings is 2. The molecule has 25 heavy (non-hydrogen) atoms. The predicted octanol–water partition coefficient (Wildman–Crippen LogP) is 4.66. The number of aromatic carboxylic acids is 1. The number of Topliss-reactive ketones (excluding diaryl/α,β-unsaturated/α-hetero) is 1. The van der Waals surface area contributed by atoms with Crippen LogP contribution in [0.1, 0.15) is 46.8 Å². The van der Waals surface area contributed by atoms with Crippen molar-refractivity contribution in [2.24, 2.45) is 0 Å². The largest absolute Gasteiger partial charge is 0.486 e. The molecule has 0 aromatic heterocycles. The average Bonchev–Trinajstić information content (AvgIpc) is 2.54. The number of halogens is 1. The lowest BCUT2D eigenvalue weighted by Crippen LogP contribution is -2.14. The zero-order valence-corrected chi connectivity index (χ0v) is 15.3. The Bertz CT molecular complexity index is 796. The molecule has 1 N–H and O–H groups in total. The molecular formula is C20H21ClO4. The SMILES string of the molecule is Cc1cc(OCC(=O)Cc2cc(C(=O)O)ccc2Cl)ccc1C(C)C. The maximum atomic E-state index is 12.1. The Labute approximate surface area is 152 Å². The Hall–Kier alpha value is -2.33. The second kappa shape index (κ2) is 8.17. The maximum Gasteiger partial charge on any atom is 0.335 e. The van der Waals surface area contributed by atoms with E-state index in [1.54, 1.807) is 0 Å². The van der Waals surface area contributed by atoms with Crippen LogP contribution in [0.15, 0.2) is 36.4 Å². The highest BCUT2D eigenvalue weighted by atomic mass is 35.5. The minimum Gasteiger partial charge on any atom is -0.486 e. The molecule has 0 bridgehead atoms. The van der Waals surface area contributed by atoms with Crippen molar-refractivity contribution in [3.8, 4) is 5.75 Å². The molecule has 0 aliphatic rings. The molecule has 2 aromatic carbocycles. The van der Waals surface area contributed by atoms with Crippen molar-refractivity contribution in [2.75, 3.05) is 6.61 Å². The van der Waals surface area contributed by atoms with Crippen molar-refractivity contribution in [1.82, 2.24) is 0 Å². The highest BCUT2D eigenvalue weighted by Crippen LogP contribution is 2.24. The average molecular weight is 361 g/mol. The molecule has 2 aromatic rings. The quantitative estimate of drug-likeness (QED) is 0.779. The second-order valence-corrected chi connectivity index (χ2v) is 6.70. The summed E-state index contributed by atoms with van der Waals surface area (Å²) in [6, 6.07) is 10.1. The monoisotopic (exact) mass is 360 g/mol. The van der Waals surface area contributed by atoms with Crippen LogP contribution < -0.4 is 4.74 Å². The van der Waals surface area contributed by atoms with Crippen LogP contribution >= 0.6 is 11.6 Å². The predicted molar refractivity (Wildman–Crippen MR) is 97.9 cm³/mol. The minimum absolute atomic E-state index is 0.0308. The van der Waals surface area contributed by atoms with Crippen LogP contribution in [0.5, 0.6) is 5.75 Å². The number of aryl methyl sites for hydroxylation is 1. The van der Waals surface area contributed by atoms with Gasteiger partial charge in [0.1, 0.15) is 12.4 Å². The lowest BCUT2D eigenvalue weighted by Gasteiger charge is -2.12. The Morgan fingerprint density at radius 2 is 1.88 bits per heavy atom. The van der Waals surface area contributed by atoms with E-state index in [1.807, 2.05) is 25.1 Å². The number of carboxylic acid groups (broad SMARTS) is 1. The molecule has 0 aliphatic carbocycles. The summed E-state index contributed by atoms with van der Waals surface area (Å²) in [5, 5.41) is 9.39. The molecule has 132 valence electrons. The van der Waals surface area contributed by atoms with Crippen LogP contribution in [0.4, 0.5) is 0 Å². The van der Waals surface area contributed by atoms with Crippen molar-refractivity contribution in [2.45, 2.75) is 33.1 Å². The van der Waals surface area contributed by atoms with Crippen LogP contribution in [0.2, 0.25) is 5.02 Å². The van der Waals surface area contributed by atoms with Gasteiger partial charge in [-0.3, -0.25) is 4.79 Å². The van der Waals surface area contributed by atoms with E-state index in [1.165, 1.54) is 23.8 Å². The van der Waals surface area contributed by atoms with Gasteiger partial charge < -0.3 is 9.84 Å². The first-order chi connectivity index (χ1) is 11.8. The minimum atomic E-state index is -1.05. The zero-order chi connectivity index (χ0) is 18.6. The smallest absolute Gasteiger partial charge is 0.335 e. The molecule has 0 fully saturated rings. The van der Waals surface area contributed by atoms with Crippen LogP contribution in [-0.4, -0.2) is 23.5 Å². The number of rotatable bonds is 7. The summed E-state index contributed by atoms with van der Waals surface area (Å²) in [4.78, 5) is 23.2. The lowest BCUT2D eigenvalue weighted by atomic mass is 9.98. The highest BCUT2D eigenvalue weighted by Gasteiger charge is 2.12. The van der Waals surface area contributed by atoms with Gasteiger partial charge in [-0.1, -0.05) is 31.5 Å². The third-order valence-electron chi connectivity index (χ3n) is 3.94. The lowest BCUT2D eigenvalue weighted by molar-refractivity contribution is -0.120. The van der Waals surface area contributed by atoms with Crippen LogP contribution in [0.3, 0.4) is 0 Å². The number of ketones is 1. The van der Waals surface area contributed by atoms with Crippen molar-refractivity contribution < 1.29 is 19.4 Å². The summed E-state index contributed by atoms with van der Waals surface area (Å²) in [7, 11) is 0. The Morgan fingerprint density at radius 3 is 2.48 bits per heavy atom. The molecule has 5 heteroatoms. The Balaban J connectivity index is 2.01. The van der Waals surface area contributed by atoms with E-state index < -0.39 is 5.97 Å². The first-order valence-corrected chi connectivity index (χ1v) is 8.42. The zero-order valence-electron chi connectivity index (χ0n) is 14.5. The third kappa shape index (κ3) is 5.07. The molecular weight excluding hydrogens is 340 g/mol. The van der Waals surface area contributed by atoms with E-state index in [9.17, 15) is 9.59 Å². The fourth-order valence-electron chi connectivity index (χ4n) is 2.66. The number of ether oxygens (including phenoxy) is 1. The van der Waals surface area contributed by atoms with Gasteiger partial charge in [-0.15, -0.1) is 0 Å². The summed E-state index contributed by atoms with van der Waals surface area (Å²) in [5.74, 6) is -0.155. The van der Waals surface area contributed by atoms with E-state index in [-0.39, 0.29) is 24.4 Å². The molecule has 0 radical (unpaired) electrons. The molecule has 0 atom stereocenters. The fraction of sp³-hybridized carbons (Fsp3) is 0.300. The molecule has 0 aliphatic heterocycles. The van der Waals surface area contributed by atoms with Gasteiger partial charge in [-0.25, -0.2) is 4.79 Å². The summed E-state index contributed by atoms with van der Waals surface area (Å²) >= 11 is 6.04. The number of hydrogen-bond donors (Lipinski definition) is 1. The molecule has 0 spiro atoms. The van der Waals surface area contributed by atoms with Gasteiger partial charge in [0.15, 0.2) is 5.78 Å². The molecule has 4 nitrogen and oxygen atoms in total. The summed E-state index contributed by atoms with van der Waals surface area (Å²) in [6.45, 7) is 6.18. The topological polar surface area (TPSA) is 63.6 Å². The van der Waals surface area contributed by atoms with Gasteiger partial charge in [-0.2, -0.15) is 0 Å². The second-order valence-electron chi connectivity index (χ2n) is 6.29. The van der Waals surface area contributed by atoms with E-state index in [0.717, 1.165) is 5.56 Å². The van der Waals surface area contributed by atoms with Crippen molar-refractivity contribution >= 4 is 23.4 Å². The third-order valence-corrected chi connectivity index (χ3v) is 4.31. The van der Waals surface area contributed by atoms with E-state index in [0.29, 0.717) is 22.3 Å². The first-order valence-electron chi connectivity index (χ1n) is 8.04. The molecule has 2 rings (SSSR count). The van der Waals surface area contributed by atoms with E-state index in [2.05, 4.69) is 13.8 Å². The number of carbonyl (C=O) groups excluding carboxylic acids is 1. The molecule has 0 saturated carbocycles. The van der Waals surface area contributed by atoms with E-state index in [4.69, 9.17) is 21.4 Å². The van der Waals surface area contributed by atoms with Crippen LogP contribution in [-0.2, 0) is 11.2 Å². The summed E-state index contributed by atoms with van der Waals surface area (Å²) in [5.41, 5.74) is 2.96.